The fraction of sp³-hybridized carbons (Fsp3) is 0.167. The second kappa shape index (κ2) is 8.97. The van der Waals surface area contributed by atoms with E-state index >= 15 is 0 Å². The monoisotopic (exact) mass is 529 g/mol. The molecule has 0 fully saturated rings. The first-order valence-corrected chi connectivity index (χ1v) is 10.7. The minimum atomic E-state index is -1.13. The Morgan fingerprint density at radius 2 is 1.48 bits per heavy atom. The largest absolute Gasteiger partial charge is 0.508 e. The number of carbonyl (C=O) groups excluding carboxylic acids is 1. The van der Waals surface area contributed by atoms with E-state index in [-0.39, 0.29) is 24.7 Å². The second-order valence-corrected chi connectivity index (χ2v) is 8.38. The number of hydrogen-bond donors (Lipinski definition) is 2. The minimum Gasteiger partial charge on any atom is -0.508 e. The van der Waals surface area contributed by atoms with Crippen LogP contribution in [-0.4, -0.2) is 38.0 Å². The van der Waals surface area contributed by atoms with E-state index in [1.54, 1.807) is 35.0 Å². The van der Waals surface area contributed by atoms with Crippen LogP contribution in [-0.2, 0) is 16.0 Å². The lowest BCUT2D eigenvalue weighted by molar-refractivity contribution is -0.140. The molecule has 6 nitrogen and oxygen atoms in total. The van der Waals surface area contributed by atoms with E-state index in [2.05, 4.69) is 12.1 Å². The Morgan fingerprint density at radius 3 is 2.03 bits per heavy atom. The number of aromatic hydroxyl groups is 1. The highest BCUT2D eigenvalue weighted by atomic mass is 127. The summed E-state index contributed by atoms with van der Waals surface area (Å²) < 4.78 is 6.65. The van der Waals surface area contributed by atoms with Gasteiger partial charge in [-0.25, -0.2) is 12.7 Å². The molecule has 1 amide bonds. The van der Waals surface area contributed by atoms with Crippen molar-refractivity contribution in [1.82, 2.24) is 3.11 Å². The smallest absolute Gasteiger partial charge is 0.419 e. The summed E-state index contributed by atoms with van der Waals surface area (Å²) in [5.41, 5.74) is 5.13. The van der Waals surface area contributed by atoms with Crippen LogP contribution in [0.5, 0.6) is 5.75 Å². The molecule has 0 spiro atoms. The van der Waals surface area contributed by atoms with E-state index in [0.29, 0.717) is 5.56 Å². The second-order valence-electron chi connectivity index (χ2n) is 7.34. The standard InChI is InChI=1S/C24H20INO5/c25-26(22(23(28)29)13-15-9-11-16(27)12-10-15)24(30)31-14-21-19-7-3-1-5-17(19)18-6-2-4-8-20(18)21/h1-12,21-22,27H,13-14H2,(H,28,29). The lowest BCUT2D eigenvalue weighted by atomic mass is 9.98. The first-order valence-electron chi connectivity index (χ1n) is 9.76. The average molecular weight is 529 g/mol. The Kier molecular flexibility index (Phi) is 6.13. The molecule has 1 aliphatic carbocycles. The number of phenolic OH excluding ortho intramolecular Hbond substituents is 1. The molecule has 3 aromatic rings. The van der Waals surface area contributed by atoms with Crippen LogP contribution in [0, 0.1) is 0 Å². The molecular weight excluding hydrogens is 509 g/mol. The molecular formula is C24H20INO5. The van der Waals surface area contributed by atoms with Crippen molar-refractivity contribution >= 4 is 34.9 Å². The summed E-state index contributed by atoms with van der Waals surface area (Å²) in [7, 11) is 0. The molecule has 158 valence electrons. The number of carboxylic acid groups (broad SMARTS) is 1. The highest BCUT2D eigenvalue weighted by Crippen LogP contribution is 2.44. The van der Waals surface area contributed by atoms with Gasteiger partial charge in [0.1, 0.15) is 18.4 Å². The molecule has 2 N–H and O–H groups in total. The SMILES string of the molecule is O=C(O)C(Cc1ccc(O)cc1)N(I)C(=O)OCC1c2ccccc2-c2ccccc21. The van der Waals surface area contributed by atoms with Crippen molar-refractivity contribution in [3.63, 3.8) is 0 Å². The number of halogens is 1. The predicted molar refractivity (Wildman–Crippen MR) is 124 cm³/mol. The van der Waals surface area contributed by atoms with Crippen LogP contribution in [0.1, 0.15) is 22.6 Å². The number of nitrogens with zero attached hydrogens (tertiary/aromatic N) is 1. The van der Waals surface area contributed by atoms with Gasteiger partial charge in [-0.3, -0.25) is 0 Å². The van der Waals surface area contributed by atoms with Crippen molar-refractivity contribution in [2.75, 3.05) is 6.61 Å². The summed E-state index contributed by atoms with van der Waals surface area (Å²) in [6, 6.07) is 21.2. The highest BCUT2D eigenvalue weighted by Gasteiger charge is 2.32. The number of hydrogen-bond acceptors (Lipinski definition) is 4. The third-order valence-electron chi connectivity index (χ3n) is 5.43. The van der Waals surface area contributed by atoms with Gasteiger partial charge in [0.25, 0.3) is 0 Å². The Hall–Kier alpha value is -3.07. The molecule has 31 heavy (non-hydrogen) atoms. The third kappa shape index (κ3) is 4.36. The maximum atomic E-state index is 12.7. The van der Waals surface area contributed by atoms with Crippen molar-refractivity contribution in [3.05, 3.63) is 89.5 Å². The molecule has 0 saturated carbocycles. The number of ether oxygens (including phenoxy) is 1. The number of phenols is 1. The van der Waals surface area contributed by atoms with Crippen LogP contribution in [0.25, 0.3) is 11.1 Å². The average Bonchev–Trinajstić information content (AvgIpc) is 3.10. The summed E-state index contributed by atoms with van der Waals surface area (Å²) in [5.74, 6) is -1.13. The van der Waals surface area contributed by atoms with Crippen LogP contribution in [0.2, 0.25) is 0 Å². The number of aliphatic carboxylic acids is 1. The molecule has 0 bridgehead atoms. The molecule has 7 heteroatoms. The van der Waals surface area contributed by atoms with E-state index in [4.69, 9.17) is 4.74 Å². The van der Waals surface area contributed by atoms with Gasteiger partial charge in [0.15, 0.2) is 0 Å². The van der Waals surface area contributed by atoms with Crippen LogP contribution in [0.4, 0.5) is 4.79 Å². The Bertz CT molecular complexity index is 1070. The van der Waals surface area contributed by atoms with Crippen molar-refractivity contribution in [2.45, 2.75) is 18.4 Å². The molecule has 3 aromatic carbocycles. The molecule has 0 aliphatic heterocycles. The van der Waals surface area contributed by atoms with Crippen molar-refractivity contribution < 1.29 is 24.5 Å². The van der Waals surface area contributed by atoms with Crippen LogP contribution in [0.3, 0.4) is 0 Å². The third-order valence-corrected chi connectivity index (χ3v) is 6.50. The highest BCUT2D eigenvalue weighted by molar-refractivity contribution is 14.1. The fourth-order valence-corrected chi connectivity index (χ4v) is 4.48. The van der Waals surface area contributed by atoms with Crippen LogP contribution >= 0.6 is 22.9 Å². The molecule has 0 heterocycles. The van der Waals surface area contributed by atoms with Crippen LogP contribution in [0.15, 0.2) is 72.8 Å². The maximum absolute atomic E-state index is 12.7. The number of carbonyl (C=O) groups is 2. The van der Waals surface area contributed by atoms with Crippen LogP contribution < -0.4 is 0 Å². The molecule has 0 radical (unpaired) electrons. The van der Waals surface area contributed by atoms with Gasteiger partial charge in [-0.15, -0.1) is 0 Å². The zero-order valence-electron chi connectivity index (χ0n) is 16.4. The van der Waals surface area contributed by atoms with Gasteiger partial charge in [-0.1, -0.05) is 60.7 Å². The van der Waals surface area contributed by atoms with Gasteiger partial charge in [0, 0.05) is 12.3 Å². The van der Waals surface area contributed by atoms with E-state index in [1.807, 2.05) is 36.4 Å². The maximum Gasteiger partial charge on any atom is 0.419 e. The van der Waals surface area contributed by atoms with Crippen molar-refractivity contribution in [1.29, 1.82) is 0 Å². The van der Waals surface area contributed by atoms with Gasteiger partial charge >= 0.3 is 12.1 Å². The lowest BCUT2D eigenvalue weighted by Gasteiger charge is -2.23. The summed E-state index contributed by atoms with van der Waals surface area (Å²) in [6.45, 7) is 0.123. The normalized spacial score (nSPS) is 13.2. The molecule has 0 saturated heterocycles. The predicted octanol–water partition coefficient (Wildman–Crippen LogP) is 4.99. The Balaban J connectivity index is 1.47. The summed E-state index contributed by atoms with van der Waals surface area (Å²) in [6.07, 6.45) is -0.600. The molecule has 4 rings (SSSR count). The summed E-state index contributed by atoms with van der Waals surface area (Å²) in [4.78, 5) is 24.5. The van der Waals surface area contributed by atoms with Gasteiger partial charge in [-0.2, -0.15) is 0 Å². The fourth-order valence-electron chi connectivity index (χ4n) is 3.90. The Labute approximate surface area is 193 Å². The first-order chi connectivity index (χ1) is 15.0. The number of benzene rings is 3. The van der Waals surface area contributed by atoms with Crippen molar-refractivity contribution in [2.24, 2.45) is 0 Å². The minimum absolute atomic E-state index is 0.0958. The molecule has 0 aromatic heterocycles. The summed E-state index contributed by atoms with van der Waals surface area (Å²) in [5, 5.41) is 19.1. The van der Waals surface area contributed by atoms with Crippen molar-refractivity contribution in [3.8, 4) is 16.9 Å². The quantitative estimate of drug-likeness (QED) is 0.347. The van der Waals surface area contributed by atoms with Gasteiger partial charge in [-0.05, 0) is 39.9 Å². The summed E-state index contributed by atoms with van der Waals surface area (Å²) >= 11 is 1.69. The molecule has 1 aliphatic rings. The van der Waals surface area contributed by atoms with Gasteiger partial charge in [0.2, 0.25) is 0 Å². The van der Waals surface area contributed by atoms with E-state index in [9.17, 15) is 19.8 Å². The van der Waals surface area contributed by atoms with Gasteiger partial charge in [0.05, 0.1) is 22.9 Å². The van der Waals surface area contributed by atoms with E-state index < -0.39 is 18.1 Å². The molecule has 1 unspecified atom stereocenters. The number of amides is 1. The van der Waals surface area contributed by atoms with E-state index in [0.717, 1.165) is 25.4 Å². The number of carboxylic acids is 1. The number of rotatable bonds is 6. The zero-order valence-corrected chi connectivity index (χ0v) is 18.6. The zero-order chi connectivity index (χ0) is 22.0. The van der Waals surface area contributed by atoms with Gasteiger partial charge < -0.3 is 14.9 Å². The van der Waals surface area contributed by atoms with E-state index in [1.165, 1.54) is 12.1 Å². The topological polar surface area (TPSA) is 87.1 Å². The lowest BCUT2D eigenvalue weighted by Crippen LogP contribution is -2.40. The molecule has 1 atom stereocenters. The Morgan fingerprint density at radius 1 is 0.935 bits per heavy atom. The first kappa shape index (κ1) is 21.2. The number of fused-ring (bicyclic) bond motifs is 3.